The highest BCUT2D eigenvalue weighted by Gasteiger charge is 2.46. The normalized spacial score (nSPS) is 33.7. The fourth-order valence-corrected chi connectivity index (χ4v) is 5.92. The summed E-state index contributed by atoms with van der Waals surface area (Å²) in [5.41, 5.74) is 2.44. The van der Waals surface area contributed by atoms with E-state index in [0.29, 0.717) is 12.0 Å². The Hall–Kier alpha value is -1.81. The van der Waals surface area contributed by atoms with Crippen molar-refractivity contribution in [2.45, 2.75) is 50.6 Å². The highest BCUT2D eigenvalue weighted by molar-refractivity contribution is 5.89. The lowest BCUT2D eigenvalue weighted by Crippen LogP contribution is -2.60. The van der Waals surface area contributed by atoms with Crippen molar-refractivity contribution >= 4 is 11.7 Å². The zero-order valence-corrected chi connectivity index (χ0v) is 15.4. The molecule has 0 saturated carbocycles. The van der Waals surface area contributed by atoms with Crippen molar-refractivity contribution in [3.63, 3.8) is 0 Å². The first-order valence-corrected chi connectivity index (χ1v) is 10.4. The molecule has 4 atom stereocenters. The molecule has 4 aliphatic rings. The van der Waals surface area contributed by atoms with Crippen molar-refractivity contribution < 1.29 is 4.79 Å². The summed E-state index contributed by atoms with van der Waals surface area (Å²) in [4.78, 5) is 17.9. The maximum absolute atomic E-state index is 13.0. The van der Waals surface area contributed by atoms with Crippen LogP contribution in [0, 0.1) is 11.8 Å². The van der Waals surface area contributed by atoms with Gasteiger partial charge in [-0.05, 0) is 62.6 Å². The molecule has 138 valence electrons. The molecule has 4 nitrogen and oxygen atoms in total. The second kappa shape index (κ2) is 6.73. The minimum atomic E-state index is 0.0750. The first kappa shape index (κ1) is 16.4. The summed E-state index contributed by atoms with van der Waals surface area (Å²) in [6.45, 7) is 3.31. The van der Waals surface area contributed by atoms with Gasteiger partial charge in [-0.1, -0.05) is 36.3 Å². The first-order chi connectivity index (χ1) is 12.8. The van der Waals surface area contributed by atoms with Crippen molar-refractivity contribution in [1.82, 2.24) is 9.80 Å². The fraction of sp³-hybridized carbons (Fsp3) is 0.591. The Morgan fingerprint density at radius 1 is 1.08 bits per heavy atom. The van der Waals surface area contributed by atoms with E-state index in [1.54, 1.807) is 5.57 Å². The van der Waals surface area contributed by atoms with Gasteiger partial charge in [0.2, 0.25) is 0 Å². The lowest BCUT2D eigenvalue weighted by Gasteiger charge is -2.54. The number of rotatable bonds is 1. The number of anilines is 1. The van der Waals surface area contributed by atoms with Crippen molar-refractivity contribution in [1.29, 1.82) is 0 Å². The Morgan fingerprint density at radius 2 is 1.96 bits per heavy atom. The molecular formula is C22H29N3O. The number of fused-ring (bicyclic) bond motifs is 6. The van der Waals surface area contributed by atoms with Crippen LogP contribution < -0.4 is 5.32 Å². The van der Waals surface area contributed by atoms with Gasteiger partial charge in [0.1, 0.15) is 0 Å². The average Bonchev–Trinajstić information content (AvgIpc) is 2.68. The number of benzene rings is 1. The Morgan fingerprint density at radius 3 is 2.85 bits per heavy atom. The molecule has 1 N–H and O–H groups in total. The van der Waals surface area contributed by atoms with Gasteiger partial charge >= 0.3 is 6.03 Å². The molecule has 0 unspecified atom stereocenters. The number of carbonyl (C=O) groups excluding carboxylic acids is 1. The molecule has 1 aromatic rings. The Bertz CT molecular complexity index is 701. The lowest BCUT2D eigenvalue weighted by molar-refractivity contribution is 0.00908. The van der Waals surface area contributed by atoms with Crippen LogP contribution in [0.3, 0.4) is 0 Å². The van der Waals surface area contributed by atoms with Crippen molar-refractivity contribution in [3.8, 4) is 0 Å². The fourth-order valence-electron chi connectivity index (χ4n) is 5.92. The molecule has 4 heteroatoms. The number of hydrogen-bond acceptors (Lipinski definition) is 2. The molecule has 0 spiro atoms. The predicted octanol–water partition coefficient (Wildman–Crippen LogP) is 4.11. The van der Waals surface area contributed by atoms with E-state index < -0.39 is 0 Å². The topological polar surface area (TPSA) is 35.6 Å². The van der Waals surface area contributed by atoms with E-state index in [1.807, 2.05) is 30.3 Å². The third kappa shape index (κ3) is 2.84. The van der Waals surface area contributed by atoms with Gasteiger partial charge in [-0.25, -0.2) is 4.79 Å². The van der Waals surface area contributed by atoms with Crippen LogP contribution in [-0.2, 0) is 0 Å². The average molecular weight is 351 g/mol. The number of nitrogens with one attached hydrogen (secondary N) is 1. The zero-order chi connectivity index (χ0) is 17.5. The molecule has 3 heterocycles. The third-order valence-corrected chi connectivity index (χ3v) is 6.94. The second-order valence-electron chi connectivity index (χ2n) is 8.50. The molecule has 5 rings (SSSR count). The van der Waals surface area contributed by atoms with Crippen molar-refractivity contribution in [3.05, 3.63) is 42.0 Å². The van der Waals surface area contributed by atoms with Crippen LogP contribution in [0.1, 0.15) is 38.5 Å². The second-order valence-corrected chi connectivity index (χ2v) is 8.50. The van der Waals surface area contributed by atoms with Gasteiger partial charge in [0.25, 0.3) is 0 Å². The summed E-state index contributed by atoms with van der Waals surface area (Å²) in [5, 5.41) is 3.12. The Balaban J connectivity index is 1.39. The molecule has 0 aromatic heterocycles. The zero-order valence-electron chi connectivity index (χ0n) is 15.4. The minimum absolute atomic E-state index is 0.0750. The maximum Gasteiger partial charge on any atom is 0.322 e. The summed E-state index contributed by atoms with van der Waals surface area (Å²) in [7, 11) is 0. The number of hydrogen-bond donors (Lipinski definition) is 1. The molecule has 2 bridgehead atoms. The minimum Gasteiger partial charge on any atom is -0.317 e. The molecule has 3 saturated heterocycles. The van der Waals surface area contributed by atoms with E-state index in [-0.39, 0.29) is 6.03 Å². The SMILES string of the molecule is O=C(Nc1ccccc1)N1CCCC2=C[C@@H]3C[C@H](CN4CCCC[C@H]34)[C@@H]21. The van der Waals surface area contributed by atoms with Crippen LogP contribution in [-0.4, -0.2) is 47.5 Å². The number of likely N-dealkylation sites (tertiary alicyclic amines) is 1. The first-order valence-electron chi connectivity index (χ1n) is 10.4. The summed E-state index contributed by atoms with van der Waals surface area (Å²) >= 11 is 0. The third-order valence-electron chi connectivity index (χ3n) is 6.94. The van der Waals surface area contributed by atoms with E-state index >= 15 is 0 Å². The van der Waals surface area contributed by atoms with Crippen LogP contribution >= 0.6 is 0 Å². The highest BCUT2D eigenvalue weighted by Crippen LogP contribution is 2.45. The van der Waals surface area contributed by atoms with E-state index in [9.17, 15) is 4.79 Å². The Kier molecular flexibility index (Phi) is 4.24. The Labute approximate surface area is 156 Å². The molecule has 0 radical (unpaired) electrons. The summed E-state index contributed by atoms with van der Waals surface area (Å²) in [6.07, 6.45) is 10.2. The van der Waals surface area contributed by atoms with Crippen molar-refractivity contribution in [2.75, 3.05) is 25.0 Å². The quantitative estimate of drug-likeness (QED) is 0.773. The van der Waals surface area contributed by atoms with Crippen molar-refractivity contribution in [2.24, 2.45) is 11.8 Å². The molecule has 26 heavy (non-hydrogen) atoms. The van der Waals surface area contributed by atoms with Gasteiger partial charge in [0, 0.05) is 24.8 Å². The smallest absolute Gasteiger partial charge is 0.317 e. The number of carbonyl (C=O) groups is 1. The number of piperidine rings is 3. The standard InChI is InChI=1S/C22H29N3O/c26-22(23-19-8-2-1-3-9-19)25-12-6-7-16-13-17-14-18(21(16)25)15-24-11-5-4-10-20(17)24/h1-3,8-9,13,17-18,20-21H,4-7,10-12,14-15H2,(H,23,26)/t17-,18-,20-,21-/m1/s1. The molecule has 3 aliphatic heterocycles. The van der Waals surface area contributed by atoms with Gasteiger partial charge in [0.05, 0.1) is 6.04 Å². The number of para-hydroxylation sites is 1. The van der Waals surface area contributed by atoms with Crippen LogP contribution in [0.5, 0.6) is 0 Å². The number of nitrogens with zero attached hydrogens (tertiary/aromatic N) is 2. The molecule has 1 aromatic carbocycles. The van der Waals surface area contributed by atoms with E-state index in [0.717, 1.165) is 30.6 Å². The molecular weight excluding hydrogens is 322 g/mol. The van der Waals surface area contributed by atoms with Gasteiger partial charge in [0.15, 0.2) is 0 Å². The molecule has 3 fully saturated rings. The molecule has 2 amide bonds. The number of urea groups is 1. The predicted molar refractivity (Wildman–Crippen MR) is 104 cm³/mol. The van der Waals surface area contributed by atoms with Gasteiger partial charge in [-0.3, -0.25) is 4.90 Å². The van der Waals surface area contributed by atoms with Crippen LogP contribution in [0.2, 0.25) is 0 Å². The van der Waals surface area contributed by atoms with E-state index in [1.165, 1.54) is 45.2 Å². The number of amides is 2. The summed E-state index contributed by atoms with van der Waals surface area (Å²) in [5.74, 6) is 1.33. The molecule has 1 aliphatic carbocycles. The largest absolute Gasteiger partial charge is 0.322 e. The van der Waals surface area contributed by atoms with E-state index in [2.05, 4.69) is 21.2 Å². The summed E-state index contributed by atoms with van der Waals surface area (Å²) in [6, 6.07) is 11.0. The lowest BCUT2D eigenvalue weighted by atomic mass is 9.68. The van der Waals surface area contributed by atoms with Gasteiger partial charge in [-0.15, -0.1) is 0 Å². The van der Waals surface area contributed by atoms with Crippen LogP contribution in [0.15, 0.2) is 42.0 Å². The van der Waals surface area contributed by atoms with E-state index in [4.69, 9.17) is 0 Å². The van der Waals surface area contributed by atoms with Crippen LogP contribution in [0.25, 0.3) is 0 Å². The monoisotopic (exact) mass is 351 g/mol. The van der Waals surface area contributed by atoms with Crippen LogP contribution in [0.4, 0.5) is 10.5 Å². The maximum atomic E-state index is 13.0. The summed E-state index contributed by atoms with van der Waals surface area (Å²) < 4.78 is 0. The van der Waals surface area contributed by atoms with Gasteiger partial charge < -0.3 is 10.2 Å². The highest BCUT2D eigenvalue weighted by atomic mass is 16.2. The van der Waals surface area contributed by atoms with Gasteiger partial charge in [-0.2, -0.15) is 0 Å².